The quantitative estimate of drug-likeness (QED) is 0.816. The molecule has 0 bridgehead atoms. The maximum atomic E-state index is 12.7. The molecule has 6 heteroatoms. The molecule has 0 unspecified atom stereocenters. The van der Waals surface area contributed by atoms with E-state index in [1.165, 1.54) is 12.4 Å². The third-order valence-corrected chi connectivity index (χ3v) is 2.98. The third-order valence-electron chi connectivity index (χ3n) is 2.98. The highest BCUT2D eigenvalue weighted by molar-refractivity contribution is 4.93. The molecule has 0 atom stereocenters. The number of aromatic nitrogens is 2. The topological polar surface area (TPSA) is 47.1 Å². The third kappa shape index (κ3) is 4.03. The van der Waals surface area contributed by atoms with E-state index in [2.05, 4.69) is 23.7 Å². The Morgan fingerprint density at radius 2 is 2.17 bits per heavy atom. The van der Waals surface area contributed by atoms with Crippen LogP contribution in [0, 0.1) is 5.41 Å². The van der Waals surface area contributed by atoms with E-state index in [1.54, 1.807) is 0 Å². The van der Waals surface area contributed by atoms with Crippen molar-refractivity contribution in [1.29, 1.82) is 0 Å². The molecule has 0 aliphatic rings. The molecule has 1 aromatic heterocycles. The average molecular weight is 260 g/mol. The Morgan fingerprint density at radius 1 is 1.50 bits per heavy atom. The highest BCUT2D eigenvalue weighted by atomic mass is 19.3. The van der Waals surface area contributed by atoms with Crippen LogP contribution in [0.25, 0.3) is 0 Å². The lowest BCUT2D eigenvalue weighted by atomic mass is 9.93. The van der Waals surface area contributed by atoms with Gasteiger partial charge in [0.05, 0.1) is 6.54 Å². The predicted molar refractivity (Wildman–Crippen MR) is 67.3 cm³/mol. The zero-order valence-electron chi connectivity index (χ0n) is 11.2. The summed E-state index contributed by atoms with van der Waals surface area (Å²) in [7, 11) is 0. The molecule has 2 N–H and O–H groups in total. The van der Waals surface area contributed by atoms with Gasteiger partial charge in [-0.25, -0.2) is 4.98 Å². The first-order chi connectivity index (χ1) is 8.39. The molecule has 1 aromatic rings. The normalized spacial score (nSPS) is 12.7. The molecule has 0 saturated carbocycles. The molecular formula is C12H22F2N4. The van der Waals surface area contributed by atoms with Crippen molar-refractivity contribution in [2.24, 2.45) is 11.1 Å². The van der Waals surface area contributed by atoms with Gasteiger partial charge in [-0.15, -0.1) is 0 Å². The van der Waals surface area contributed by atoms with Crippen molar-refractivity contribution in [1.82, 2.24) is 14.5 Å². The van der Waals surface area contributed by atoms with Gasteiger partial charge in [0.15, 0.2) is 0 Å². The number of nitrogens with zero attached hydrogens (tertiary/aromatic N) is 3. The molecule has 0 radical (unpaired) electrons. The van der Waals surface area contributed by atoms with Gasteiger partial charge in [0.1, 0.15) is 5.82 Å². The minimum atomic E-state index is -2.54. The van der Waals surface area contributed by atoms with Crippen LogP contribution in [-0.2, 0) is 6.54 Å². The number of hydrogen-bond acceptors (Lipinski definition) is 3. The zero-order chi connectivity index (χ0) is 13.8. The molecule has 104 valence electrons. The SMILES string of the molecule is CCN(Cc1nccn1C(F)F)CC(C)(C)CN. The summed E-state index contributed by atoms with van der Waals surface area (Å²) in [6.07, 6.45) is 2.71. The molecular weight excluding hydrogens is 238 g/mol. The van der Waals surface area contributed by atoms with E-state index in [0.717, 1.165) is 17.7 Å². The summed E-state index contributed by atoms with van der Waals surface area (Å²) in [6, 6.07) is 0. The van der Waals surface area contributed by atoms with Crippen molar-refractivity contribution < 1.29 is 8.78 Å². The molecule has 0 aliphatic carbocycles. The fourth-order valence-corrected chi connectivity index (χ4v) is 1.79. The first-order valence-electron chi connectivity index (χ1n) is 6.12. The molecule has 0 amide bonds. The second-order valence-electron chi connectivity index (χ2n) is 5.20. The number of alkyl halides is 2. The van der Waals surface area contributed by atoms with Crippen molar-refractivity contribution >= 4 is 0 Å². The molecule has 1 rings (SSSR count). The minimum Gasteiger partial charge on any atom is -0.330 e. The van der Waals surface area contributed by atoms with E-state index >= 15 is 0 Å². The van der Waals surface area contributed by atoms with Gasteiger partial charge in [0, 0.05) is 18.9 Å². The monoisotopic (exact) mass is 260 g/mol. The Labute approximate surface area is 107 Å². The Hall–Kier alpha value is -1.01. The van der Waals surface area contributed by atoms with E-state index in [9.17, 15) is 8.78 Å². The molecule has 0 saturated heterocycles. The van der Waals surface area contributed by atoms with Gasteiger partial charge in [0.2, 0.25) is 0 Å². The van der Waals surface area contributed by atoms with Crippen LogP contribution in [0.2, 0.25) is 0 Å². The van der Waals surface area contributed by atoms with Gasteiger partial charge in [0.25, 0.3) is 0 Å². The average Bonchev–Trinajstić information content (AvgIpc) is 2.76. The Balaban J connectivity index is 2.71. The summed E-state index contributed by atoms with van der Waals surface area (Å²) >= 11 is 0. The van der Waals surface area contributed by atoms with Crippen LogP contribution in [0.15, 0.2) is 12.4 Å². The molecule has 0 aromatic carbocycles. The highest BCUT2D eigenvalue weighted by Gasteiger charge is 2.21. The van der Waals surface area contributed by atoms with Crippen molar-refractivity contribution in [3.63, 3.8) is 0 Å². The summed E-state index contributed by atoms with van der Waals surface area (Å²) in [6.45, 7) is 6.11. The second kappa shape index (κ2) is 6.24. The van der Waals surface area contributed by atoms with Gasteiger partial charge in [-0.2, -0.15) is 8.78 Å². The lowest BCUT2D eigenvalue weighted by Crippen LogP contribution is -2.38. The van der Waals surface area contributed by atoms with Crippen molar-refractivity contribution in [3.8, 4) is 0 Å². The fourth-order valence-electron chi connectivity index (χ4n) is 1.79. The maximum absolute atomic E-state index is 12.7. The van der Waals surface area contributed by atoms with Crippen LogP contribution in [0.5, 0.6) is 0 Å². The molecule has 0 aliphatic heterocycles. The van der Waals surface area contributed by atoms with Crippen molar-refractivity contribution in [2.75, 3.05) is 19.6 Å². The number of nitrogens with two attached hydrogens (primary N) is 1. The predicted octanol–water partition coefficient (Wildman–Crippen LogP) is 2.08. The summed E-state index contributed by atoms with van der Waals surface area (Å²) in [5.74, 6) is 0.389. The maximum Gasteiger partial charge on any atom is 0.319 e. The smallest absolute Gasteiger partial charge is 0.319 e. The van der Waals surface area contributed by atoms with Crippen LogP contribution >= 0.6 is 0 Å². The minimum absolute atomic E-state index is 0.0295. The first kappa shape index (κ1) is 15.0. The molecule has 1 heterocycles. The Morgan fingerprint density at radius 3 is 2.67 bits per heavy atom. The van der Waals surface area contributed by atoms with Crippen molar-refractivity contribution in [2.45, 2.75) is 33.9 Å². The largest absolute Gasteiger partial charge is 0.330 e. The molecule has 4 nitrogen and oxygen atoms in total. The number of rotatable bonds is 7. The zero-order valence-corrected chi connectivity index (χ0v) is 11.2. The van der Waals surface area contributed by atoms with E-state index < -0.39 is 6.55 Å². The van der Waals surface area contributed by atoms with Gasteiger partial charge >= 0.3 is 6.55 Å². The van der Waals surface area contributed by atoms with Crippen molar-refractivity contribution in [3.05, 3.63) is 18.2 Å². The lowest BCUT2D eigenvalue weighted by molar-refractivity contribution is 0.0627. The first-order valence-corrected chi connectivity index (χ1v) is 6.12. The van der Waals surface area contributed by atoms with Gasteiger partial charge in [-0.3, -0.25) is 9.47 Å². The highest BCUT2D eigenvalue weighted by Crippen LogP contribution is 2.18. The number of imidazole rings is 1. The van der Waals surface area contributed by atoms with Crippen LogP contribution in [0.4, 0.5) is 8.78 Å². The van der Waals surface area contributed by atoms with E-state index in [-0.39, 0.29) is 5.41 Å². The van der Waals surface area contributed by atoms with Gasteiger partial charge < -0.3 is 5.73 Å². The molecule has 18 heavy (non-hydrogen) atoms. The van der Waals surface area contributed by atoms with Gasteiger partial charge in [-0.05, 0) is 18.5 Å². The van der Waals surface area contributed by atoms with Crippen LogP contribution in [-0.4, -0.2) is 34.1 Å². The number of hydrogen-bond donors (Lipinski definition) is 1. The van der Waals surface area contributed by atoms with Crippen LogP contribution in [0.3, 0.4) is 0 Å². The van der Waals surface area contributed by atoms with E-state index in [0.29, 0.717) is 18.9 Å². The lowest BCUT2D eigenvalue weighted by Gasteiger charge is -2.30. The Bertz CT molecular complexity index is 363. The summed E-state index contributed by atoms with van der Waals surface area (Å²) in [5.41, 5.74) is 5.66. The number of halogens is 2. The Kier molecular flexibility index (Phi) is 5.22. The van der Waals surface area contributed by atoms with E-state index in [4.69, 9.17) is 5.73 Å². The van der Waals surface area contributed by atoms with Crippen LogP contribution < -0.4 is 5.73 Å². The summed E-state index contributed by atoms with van der Waals surface area (Å²) in [4.78, 5) is 6.07. The molecule has 0 fully saturated rings. The van der Waals surface area contributed by atoms with Gasteiger partial charge in [-0.1, -0.05) is 20.8 Å². The van der Waals surface area contributed by atoms with Crippen LogP contribution in [0.1, 0.15) is 33.1 Å². The fraction of sp³-hybridized carbons (Fsp3) is 0.750. The molecule has 0 spiro atoms. The summed E-state index contributed by atoms with van der Waals surface area (Å²) in [5, 5.41) is 0. The standard InChI is InChI=1S/C12H22F2N4/c1-4-17(9-12(2,3)8-15)7-10-16-5-6-18(10)11(13)14/h5-6,11H,4,7-9,15H2,1-3H3. The summed E-state index contributed by atoms with van der Waals surface area (Å²) < 4.78 is 26.3. The van der Waals surface area contributed by atoms with E-state index in [1.807, 2.05) is 6.92 Å². The second-order valence-corrected chi connectivity index (χ2v) is 5.20.